The van der Waals surface area contributed by atoms with Crippen molar-refractivity contribution in [1.29, 1.82) is 0 Å². The largest absolute Gasteiger partial charge is 0.481 e. The third kappa shape index (κ3) is 1.42. The summed E-state index contributed by atoms with van der Waals surface area (Å²) in [5, 5.41) is 0. The van der Waals surface area contributed by atoms with Gasteiger partial charge in [0, 0.05) is 0 Å². The van der Waals surface area contributed by atoms with Gasteiger partial charge in [0.2, 0.25) is 5.88 Å². The second-order valence-electron chi connectivity index (χ2n) is 2.46. The first kappa shape index (κ1) is 8.64. The first-order chi connectivity index (χ1) is 5.69. The summed E-state index contributed by atoms with van der Waals surface area (Å²) in [4.78, 5) is 16.0. The Morgan fingerprint density at radius 2 is 2.17 bits per heavy atom. The number of imidazole rings is 1. The fourth-order valence-corrected chi connectivity index (χ4v) is 0.942. The number of rotatable bonds is 2. The number of aromatic nitrogens is 2. The minimum atomic E-state index is -0.247. The molecule has 0 atom stereocenters. The van der Waals surface area contributed by atoms with Crippen molar-refractivity contribution in [3.8, 4) is 5.88 Å². The SMILES string of the molecule is C/C=C(/C)c1[nH]c(=O)[nH]c1OC. The van der Waals surface area contributed by atoms with Gasteiger partial charge in [-0.15, -0.1) is 0 Å². The third-order valence-electron chi connectivity index (χ3n) is 1.72. The molecule has 0 fully saturated rings. The highest BCUT2D eigenvalue weighted by molar-refractivity contribution is 5.63. The Balaban J connectivity index is 3.22. The highest BCUT2D eigenvalue weighted by atomic mass is 16.5. The Hall–Kier alpha value is -1.45. The van der Waals surface area contributed by atoms with E-state index in [1.807, 2.05) is 19.9 Å². The lowest BCUT2D eigenvalue weighted by molar-refractivity contribution is 0.398. The molecule has 0 aliphatic heterocycles. The molecule has 1 aromatic heterocycles. The predicted octanol–water partition coefficient (Wildman–Crippen LogP) is 1.13. The van der Waals surface area contributed by atoms with Crippen LogP contribution in [0.15, 0.2) is 10.9 Å². The standard InChI is InChI=1S/C8H12N2O2/c1-4-5(2)6-7(12-3)10-8(11)9-6/h4H,1-3H3,(H2,9,10,11)/b5-4-. The average molecular weight is 168 g/mol. The van der Waals surface area contributed by atoms with Crippen LogP contribution in [0.25, 0.3) is 5.57 Å². The minimum absolute atomic E-state index is 0.247. The maximum Gasteiger partial charge on any atom is 0.326 e. The predicted molar refractivity (Wildman–Crippen MR) is 47.3 cm³/mol. The summed E-state index contributed by atoms with van der Waals surface area (Å²) in [6.45, 7) is 3.81. The maximum absolute atomic E-state index is 10.9. The van der Waals surface area contributed by atoms with E-state index in [2.05, 4.69) is 9.97 Å². The van der Waals surface area contributed by atoms with Gasteiger partial charge >= 0.3 is 5.69 Å². The molecule has 0 unspecified atom stereocenters. The number of hydrogen-bond donors (Lipinski definition) is 2. The Kier molecular flexibility index (Phi) is 2.38. The van der Waals surface area contributed by atoms with Gasteiger partial charge in [0.25, 0.3) is 0 Å². The number of methoxy groups -OCH3 is 1. The van der Waals surface area contributed by atoms with Crippen LogP contribution in [0.3, 0.4) is 0 Å². The molecule has 2 N–H and O–H groups in total. The van der Waals surface area contributed by atoms with Crippen LogP contribution in [0, 0.1) is 0 Å². The third-order valence-corrected chi connectivity index (χ3v) is 1.72. The second kappa shape index (κ2) is 3.30. The number of aromatic amines is 2. The topological polar surface area (TPSA) is 57.9 Å². The normalized spacial score (nSPS) is 11.8. The lowest BCUT2D eigenvalue weighted by Crippen LogP contribution is -2.00. The van der Waals surface area contributed by atoms with E-state index >= 15 is 0 Å². The van der Waals surface area contributed by atoms with Crippen molar-refractivity contribution < 1.29 is 4.74 Å². The molecule has 1 aromatic rings. The van der Waals surface area contributed by atoms with Crippen molar-refractivity contribution in [3.63, 3.8) is 0 Å². The fourth-order valence-electron chi connectivity index (χ4n) is 0.942. The van der Waals surface area contributed by atoms with E-state index in [9.17, 15) is 4.79 Å². The van der Waals surface area contributed by atoms with E-state index in [-0.39, 0.29) is 5.69 Å². The summed E-state index contributed by atoms with van der Waals surface area (Å²) in [7, 11) is 1.52. The molecule has 66 valence electrons. The van der Waals surface area contributed by atoms with Gasteiger partial charge in [0.05, 0.1) is 7.11 Å². The number of nitrogens with one attached hydrogen (secondary N) is 2. The van der Waals surface area contributed by atoms with Crippen LogP contribution in [-0.4, -0.2) is 17.1 Å². The van der Waals surface area contributed by atoms with Gasteiger partial charge in [-0.25, -0.2) is 4.79 Å². The van der Waals surface area contributed by atoms with E-state index < -0.39 is 0 Å². The van der Waals surface area contributed by atoms with E-state index in [1.165, 1.54) is 7.11 Å². The molecule has 4 nitrogen and oxygen atoms in total. The number of ether oxygens (including phenoxy) is 1. The Morgan fingerprint density at radius 1 is 1.50 bits per heavy atom. The van der Waals surface area contributed by atoms with Gasteiger partial charge in [-0.2, -0.15) is 0 Å². The number of H-pyrrole nitrogens is 2. The van der Waals surface area contributed by atoms with Crippen molar-refractivity contribution in [2.24, 2.45) is 0 Å². The summed E-state index contributed by atoms with van der Waals surface area (Å²) in [5.41, 5.74) is 1.44. The first-order valence-corrected chi connectivity index (χ1v) is 3.68. The van der Waals surface area contributed by atoms with Gasteiger partial charge in [-0.05, 0) is 19.4 Å². The van der Waals surface area contributed by atoms with Crippen LogP contribution in [0.5, 0.6) is 5.88 Å². The van der Waals surface area contributed by atoms with Crippen molar-refractivity contribution in [1.82, 2.24) is 9.97 Å². The zero-order chi connectivity index (χ0) is 9.14. The molecule has 0 aliphatic carbocycles. The molecule has 0 aliphatic rings. The smallest absolute Gasteiger partial charge is 0.326 e. The van der Waals surface area contributed by atoms with Crippen LogP contribution in [0.4, 0.5) is 0 Å². The minimum Gasteiger partial charge on any atom is -0.481 e. The fraction of sp³-hybridized carbons (Fsp3) is 0.375. The van der Waals surface area contributed by atoms with Crippen LogP contribution >= 0.6 is 0 Å². The molecule has 0 aromatic carbocycles. The van der Waals surface area contributed by atoms with Gasteiger partial charge in [0.15, 0.2) is 0 Å². The maximum atomic E-state index is 10.9. The van der Waals surface area contributed by atoms with E-state index in [4.69, 9.17) is 4.74 Å². The number of allylic oxidation sites excluding steroid dienone is 2. The highest BCUT2D eigenvalue weighted by Gasteiger charge is 2.07. The van der Waals surface area contributed by atoms with Crippen LogP contribution in [0.2, 0.25) is 0 Å². The summed E-state index contributed by atoms with van der Waals surface area (Å²) in [5.74, 6) is 0.482. The highest BCUT2D eigenvalue weighted by Crippen LogP contribution is 2.18. The van der Waals surface area contributed by atoms with Crippen LogP contribution in [-0.2, 0) is 0 Å². The molecule has 0 radical (unpaired) electrons. The van der Waals surface area contributed by atoms with Crippen molar-refractivity contribution in [3.05, 3.63) is 22.3 Å². The Bertz CT molecular complexity index is 346. The molecule has 0 bridgehead atoms. The summed E-state index contributed by atoms with van der Waals surface area (Å²) >= 11 is 0. The number of hydrogen-bond acceptors (Lipinski definition) is 2. The van der Waals surface area contributed by atoms with Gasteiger partial charge in [0.1, 0.15) is 5.69 Å². The van der Waals surface area contributed by atoms with E-state index in [0.717, 1.165) is 5.57 Å². The molecular weight excluding hydrogens is 156 g/mol. The molecule has 1 rings (SSSR count). The zero-order valence-electron chi connectivity index (χ0n) is 7.39. The van der Waals surface area contributed by atoms with Gasteiger partial charge in [-0.3, -0.25) is 4.98 Å². The quantitative estimate of drug-likeness (QED) is 0.695. The van der Waals surface area contributed by atoms with Crippen molar-refractivity contribution >= 4 is 5.57 Å². The molecule has 0 saturated carbocycles. The molecule has 1 heterocycles. The van der Waals surface area contributed by atoms with E-state index in [1.54, 1.807) is 0 Å². The average Bonchev–Trinajstić information content (AvgIpc) is 2.45. The second-order valence-corrected chi connectivity index (χ2v) is 2.46. The summed E-state index contributed by atoms with van der Waals surface area (Å²) in [6.07, 6.45) is 1.90. The van der Waals surface area contributed by atoms with Gasteiger partial charge in [-0.1, -0.05) is 6.08 Å². The lowest BCUT2D eigenvalue weighted by Gasteiger charge is -1.99. The molecule has 12 heavy (non-hydrogen) atoms. The van der Waals surface area contributed by atoms with E-state index in [0.29, 0.717) is 11.6 Å². The molecular formula is C8H12N2O2. The lowest BCUT2D eigenvalue weighted by atomic mass is 10.2. The molecule has 0 saturated heterocycles. The molecule has 4 heteroatoms. The monoisotopic (exact) mass is 168 g/mol. The van der Waals surface area contributed by atoms with Crippen molar-refractivity contribution in [2.75, 3.05) is 7.11 Å². The van der Waals surface area contributed by atoms with Crippen molar-refractivity contribution in [2.45, 2.75) is 13.8 Å². The van der Waals surface area contributed by atoms with Crippen LogP contribution in [0.1, 0.15) is 19.5 Å². The molecule has 0 spiro atoms. The summed E-state index contributed by atoms with van der Waals surface area (Å²) in [6, 6.07) is 0. The Morgan fingerprint density at radius 3 is 2.67 bits per heavy atom. The first-order valence-electron chi connectivity index (χ1n) is 3.68. The molecule has 0 amide bonds. The summed E-state index contributed by atoms with van der Waals surface area (Å²) < 4.78 is 4.96. The zero-order valence-corrected chi connectivity index (χ0v) is 7.39. The van der Waals surface area contributed by atoms with Crippen LogP contribution < -0.4 is 10.4 Å². The van der Waals surface area contributed by atoms with Gasteiger partial charge < -0.3 is 9.72 Å². The Labute approximate surface area is 70.3 Å².